The average Bonchev–Trinajstić information content (AvgIpc) is 2.08. The van der Waals surface area contributed by atoms with Gasteiger partial charge in [0.2, 0.25) is 0 Å². The third-order valence-electron chi connectivity index (χ3n) is 2.31. The minimum Gasteiger partial charge on any atom is -0.198 e. The van der Waals surface area contributed by atoms with E-state index >= 15 is 0 Å². The van der Waals surface area contributed by atoms with E-state index in [9.17, 15) is 0 Å². The van der Waals surface area contributed by atoms with Crippen LogP contribution in [0.2, 0.25) is 0 Å². The number of hydrogen-bond donors (Lipinski definition) is 0. The number of nitriles is 1. The van der Waals surface area contributed by atoms with E-state index in [0.29, 0.717) is 0 Å². The van der Waals surface area contributed by atoms with Crippen LogP contribution >= 0.6 is 0 Å². The second-order valence-corrected chi connectivity index (χ2v) is 3.14. The van der Waals surface area contributed by atoms with Gasteiger partial charge in [-0.1, -0.05) is 18.2 Å². The van der Waals surface area contributed by atoms with E-state index in [1.54, 1.807) is 0 Å². The summed E-state index contributed by atoms with van der Waals surface area (Å²) in [5, 5.41) is 8.75. The minimum absolute atomic E-state index is 0.00454. The Balaban J connectivity index is 3.18. The highest BCUT2D eigenvalue weighted by molar-refractivity contribution is 5.37. The largest absolute Gasteiger partial charge is 0.198 e. The second kappa shape index (κ2) is 3.40. The van der Waals surface area contributed by atoms with Crippen LogP contribution in [0.15, 0.2) is 18.2 Å². The summed E-state index contributed by atoms with van der Waals surface area (Å²) in [6.07, 6.45) is 0. The molecular formula is C11H13N. The van der Waals surface area contributed by atoms with Gasteiger partial charge in [0.25, 0.3) is 0 Å². The monoisotopic (exact) mass is 159 g/mol. The molecule has 0 fully saturated rings. The van der Waals surface area contributed by atoms with Crippen molar-refractivity contribution in [2.24, 2.45) is 0 Å². The van der Waals surface area contributed by atoms with Crippen molar-refractivity contribution in [2.75, 3.05) is 0 Å². The topological polar surface area (TPSA) is 23.8 Å². The molecule has 0 aliphatic carbocycles. The Hall–Kier alpha value is -1.29. The average molecular weight is 159 g/mol. The first-order chi connectivity index (χ1) is 5.66. The molecule has 0 radical (unpaired) electrons. The first-order valence-corrected chi connectivity index (χ1v) is 4.12. The zero-order chi connectivity index (χ0) is 9.14. The van der Waals surface area contributed by atoms with E-state index in [1.807, 2.05) is 19.1 Å². The predicted molar refractivity (Wildman–Crippen MR) is 49.9 cm³/mol. The fourth-order valence-corrected chi connectivity index (χ4v) is 1.31. The fraction of sp³-hybridized carbons (Fsp3) is 0.364. The first-order valence-electron chi connectivity index (χ1n) is 4.12. The number of hydrogen-bond acceptors (Lipinski definition) is 1. The van der Waals surface area contributed by atoms with Crippen molar-refractivity contribution in [3.63, 3.8) is 0 Å². The van der Waals surface area contributed by atoms with Gasteiger partial charge in [-0.2, -0.15) is 5.26 Å². The van der Waals surface area contributed by atoms with E-state index in [1.165, 1.54) is 11.1 Å². The van der Waals surface area contributed by atoms with Gasteiger partial charge in [-0.3, -0.25) is 0 Å². The standard InChI is InChI=1S/C11H13N/c1-8-5-4-6-11(10(8)3)9(2)7-12/h4-6,9H,1-3H3. The second-order valence-electron chi connectivity index (χ2n) is 3.14. The Morgan fingerprint density at radius 2 is 2.00 bits per heavy atom. The molecule has 1 aromatic carbocycles. The Labute approximate surface area is 73.6 Å². The van der Waals surface area contributed by atoms with Gasteiger partial charge in [-0.15, -0.1) is 0 Å². The van der Waals surface area contributed by atoms with Crippen LogP contribution in [-0.4, -0.2) is 0 Å². The van der Waals surface area contributed by atoms with Crippen molar-refractivity contribution in [1.29, 1.82) is 5.26 Å². The zero-order valence-corrected chi connectivity index (χ0v) is 7.76. The van der Waals surface area contributed by atoms with Crippen LogP contribution in [-0.2, 0) is 0 Å². The Kier molecular flexibility index (Phi) is 2.50. The van der Waals surface area contributed by atoms with E-state index in [2.05, 4.69) is 26.0 Å². The lowest BCUT2D eigenvalue weighted by Gasteiger charge is -2.09. The molecule has 1 rings (SSSR count). The molecule has 0 N–H and O–H groups in total. The molecule has 1 heteroatoms. The molecule has 0 spiro atoms. The highest BCUT2D eigenvalue weighted by Gasteiger charge is 2.07. The maximum atomic E-state index is 8.75. The lowest BCUT2D eigenvalue weighted by atomic mass is 9.95. The molecule has 1 unspecified atom stereocenters. The SMILES string of the molecule is Cc1cccc(C(C)C#N)c1C. The summed E-state index contributed by atoms with van der Waals surface area (Å²) >= 11 is 0. The molecule has 0 aliphatic heterocycles. The van der Waals surface area contributed by atoms with Crippen LogP contribution in [0.3, 0.4) is 0 Å². The fourth-order valence-electron chi connectivity index (χ4n) is 1.31. The van der Waals surface area contributed by atoms with Crippen LogP contribution in [0.1, 0.15) is 29.5 Å². The summed E-state index contributed by atoms with van der Waals surface area (Å²) in [4.78, 5) is 0. The first kappa shape index (κ1) is 8.80. The van der Waals surface area contributed by atoms with Crippen molar-refractivity contribution < 1.29 is 0 Å². The van der Waals surface area contributed by atoms with Gasteiger partial charge >= 0.3 is 0 Å². The molecule has 0 saturated carbocycles. The van der Waals surface area contributed by atoms with Gasteiger partial charge in [-0.25, -0.2) is 0 Å². The quantitative estimate of drug-likeness (QED) is 0.618. The van der Waals surface area contributed by atoms with Gasteiger partial charge in [0.05, 0.1) is 12.0 Å². The lowest BCUT2D eigenvalue weighted by molar-refractivity contribution is 0.961. The van der Waals surface area contributed by atoms with Gasteiger partial charge in [-0.05, 0) is 37.5 Å². The third kappa shape index (κ3) is 1.48. The highest BCUT2D eigenvalue weighted by Crippen LogP contribution is 2.20. The van der Waals surface area contributed by atoms with Crippen molar-refractivity contribution in [2.45, 2.75) is 26.7 Å². The minimum atomic E-state index is 0.00454. The number of nitrogens with zero attached hydrogens (tertiary/aromatic N) is 1. The Bertz CT molecular complexity index is 320. The van der Waals surface area contributed by atoms with Crippen LogP contribution in [0.25, 0.3) is 0 Å². The van der Waals surface area contributed by atoms with Crippen molar-refractivity contribution >= 4 is 0 Å². The van der Waals surface area contributed by atoms with E-state index < -0.39 is 0 Å². The Morgan fingerprint density at radius 1 is 1.33 bits per heavy atom. The van der Waals surface area contributed by atoms with Gasteiger partial charge in [0.1, 0.15) is 0 Å². The van der Waals surface area contributed by atoms with E-state index in [-0.39, 0.29) is 5.92 Å². The summed E-state index contributed by atoms with van der Waals surface area (Å²) in [5.74, 6) is 0.00454. The molecule has 1 aromatic rings. The summed E-state index contributed by atoms with van der Waals surface area (Å²) in [5.41, 5.74) is 3.65. The smallest absolute Gasteiger partial charge is 0.0701 e. The molecule has 62 valence electrons. The molecule has 0 aliphatic rings. The predicted octanol–water partition coefficient (Wildman–Crippen LogP) is 2.93. The van der Waals surface area contributed by atoms with E-state index in [0.717, 1.165) is 5.56 Å². The van der Waals surface area contributed by atoms with Crippen LogP contribution in [0.4, 0.5) is 0 Å². The normalized spacial score (nSPS) is 12.2. The lowest BCUT2D eigenvalue weighted by Crippen LogP contribution is -1.95. The van der Waals surface area contributed by atoms with Crippen LogP contribution in [0, 0.1) is 25.2 Å². The zero-order valence-electron chi connectivity index (χ0n) is 7.76. The molecule has 1 nitrogen and oxygen atoms in total. The summed E-state index contributed by atoms with van der Waals surface area (Å²) in [6.45, 7) is 6.07. The Morgan fingerprint density at radius 3 is 2.58 bits per heavy atom. The maximum absolute atomic E-state index is 8.75. The van der Waals surface area contributed by atoms with Gasteiger partial charge in [0.15, 0.2) is 0 Å². The third-order valence-corrected chi connectivity index (χ3v) is 2.31. The molecule has 0 aromatic heterocycles. The van der Waals surface area contributed by atoms with Crippen LogP contribution in [0.5, 0.6) is 0 Å². The number of benzene rings is 1. The molecule has 0 saturated heterocycles. The highest BCUT2D eigenvalue weighted by atomic mass is 14.3. The van der Waals surface area contributed by atoms with Crippen molar-refractivity contribution in [1.82, 2.24) is 0 Å². The number of aryl methyl sites for hydroxylation is 1. The summed E-state index contributed by atoms with van der Waals surface area (Å²) < 4.78 is 0. The summed E-state index contributed by atoms with van der Waals surface area (Å²) in [7, 11) is 0. The van der Waals surface area contributed by atoms with E-state index in [4.69, 9.17) is 5.26 Å². The molecule has 0 amide bonds. The molecular weight excluding hydrogens is 146 g/mol. The summed E-state index contributed by atoms with van der Waals surface area (Å²) in [6, 6.07) is 8.35. The number of rotatable bonds is 1. The molecule has 12 heavy (non-hydrogen) atoms. The maximum Gasteiger partial charge on any atom is 0.0701 e. The molecule has 1 atom stereocenters. The van der Waals surface area contributed by atoms with Crippen molar-refractivity contribution in [3.05, 3.63) is 34.9 Å². The van der Waals surface area contributed by atoms with Gasteiger partial charge in [0, 0.05) is 0 Å². The molecule has 0 bridgehead atoms. The molecule has 0 heterocycles. The van der Waals surface area contributed by atoms with Gasteiger partial charge < -0.3 is 0 Å². The van der Waals surface area contributed by atoms with Crippen molar-refractivity contribution in [3.8, 4) is 6.07 Å². The van der Waals surface area contributed by atoms with Crippen LogP contribution < -0.4 is 0 Å².